The van der Waals surface area contributed by atoms with Crippen molar-refractivity contribution in [2.45, 2.75) is 20.1 Å². The van der Waals surface area contributed by atoms with E-state index in [1.165, 1.54) is 0 Å². The molecule has 0 bridgehead atoms. The normalized spacial score (nSPS) is 10.6. The Balaban J connectivity index is 1.50. The van der Waals surface area contributed by atoms with E-state index in [4.69, 9.17) is 16.3 Å². The fraction of sp³-hybridized carbons (Fsp3) is 0.111. The highest BCUT2D eigenvalue weighted by molar-refractivity contribution is 6.30. The molecule has 1 aromatic heterocycles. The van der Waals surface area contributed by atoms with Crippen LogP contribution in [-0.2, 0) is 13.2 Å². The number of aromatic nitrogens is 1. The van der Waals surface area contributed by atoms with Crippen LogP contribution in [0.15, 0.2) is 97.2 Å². The number of ether oxygens (including phenoxy) is 1. The van der Waals surface area contributed by atoms with Gasteiger partial charge < -0.3 is 4.74 Å². The van der Waals surface area contributed by atoms with Crippen LogP contribution in [0, 0.1) is 6.92 Å². The average Bonchev–Trinajstić information content (AvgIpc) is 2.83. The van der Waals surface area contributed by atoms with Gasteiger partial charge in [0.05, 0.1) is 6.54 Å². The number of carbonyl (C=O) groups is 1. The topological polar surface area (TPSA) is 42.4 Å². The van der Waals surface area contributed by atoms with Crippen molar-refractivity contribution in [3.05, 3.63) is 124 Å². The molecule has 0 N–H and O–H groups in total. The molecule has 0 spiro atoms. The van der Waals surface area contributed by atoms with E-state index in [9.17, 15) is 4.79 Å². The third-order valence-corrected chi connectivity index (χ3v) is 5.38. The van der Waals surface area contributed by atoms with Crippen LogP contribution >= 0.6 is 11.6 Å². The van der Waals surface area contributed by atoms with Crippen LogP contribution in [0.25, 0.3) is 0 Å². The summed E-state index contributed by atoms with van der Waals surface area (Å²) in [4.78, 5) is 19.5. The van der Waals surface area contributed by atoms with Crippen molar-refractivity contribution in [2.24, 2.45) is 0 Å². The van der Waals surface area contributed by atoms with Crippen LogP contribution in [0.2, 0.25) is 5.02 Å². The third kappa shape index (κ3) is 5.34. The molecular formula is C27H23ClN2O2. The molecule has 4 nitrogen and oxygen atoms in total. The number of halogens is 1. The minimum Gasteiger partial charge on any atom is -0.489 e. The SMILES string of the molecule is Cc1ccccc1C(=O)N(Cc1ccc(OCc2ccc(Cl)cc2)cc1)c1ccccn1. The summed E-state index contributed by atoms with van der Waals surface area (Å²) in [6.07, 6.45) is 1.70. The predicted octanol–water partition coefficient (Wildman–Crippen LogP) is 6.47. The minimum atomic E-state index is -0.0788. The number of hydrogen-bond donors (Lipinski definition) is 0. The number of carbonyl (C=O) groups excluding carboxylic acids is 1. The molecule has 0 aliphatic carbocycles. The maximum absolute atomic E-state index is 13.4. The molecule has 0 saturated carbocycles. The summed E-state index contributed by atoms with van der Waals surface area (Å²) < 4.78 is 5.87. The lowest BCUT2D eigenvalue weighted by atomic mass is 10.1. The van der Waals surface area contributed by atoms with Crippen molar-refractivity contribution in [2.75, 3.05) is 4.90 Å². The standard InChI is InChI=1S/C27H23ClN2O2/c1-20-6-2-3-7-25(20)27(31)30(26-8-4-5-17-29-26)18-21-11-15-24(16-12-21)32-19-22-9-13-23(28)14-10-22/h2-17H,18-19H2,1H3. The largest absolute Gasteiger partial charge is 0.489 e. The van der Waals surface area contributed by atoms with Crippen LogP contribution in [0.5, 0.6) is 5.75 Å². The summed E-state index contributed by atoms with van der Waals surface area (Å²) in [7, 11) is 0. The molecule has 4 aromatic rings. The number of pyridine rings is 1. The van der Waals surface area contributed by atoms with E-state index in [2.05, 4.69) is 4.98 Å². The Morgan fingerprint density at radius 3 is 2.25 bits per heavy atom. The van der Waals surface area contributed by atoms with E-state index in [1.54, 1.807) is 11.1 Å². The Morgan fingerprint density at radius 2 is 1.56 bits per heavy atom. The van der Waals surface area contributed by atoms with Crippen molar-refractivity contribution in [3.63, 3.8) is 0 Å². The second kappa shape index (κ2) is 10.1. The van der Waals surface area contributed by atoms with Crippen LogP contribution < -0.4 is 9.64 Å². The zero-order valence-electron chi connectivity index (χ0n) is 17.7. The Hall–Kier alpha value is -3.63. The lowest BCUT2D eigenvalue weighted by Crippen LogP contribution is -2.31. The van der Waals surface area contributed by atoms with Crippen molar-refractivity contribution < 1.29 is 9.53 Å². The number of nitrogens with zero attached hydrogens (tertiary/aromatic N) is 2. The van der Waals surface area contributed by atoms with E-state index in [-0.39, 0.29) is 5.91 Å². The number of benzene rings is 3. The first-order chi connectivity index (χ1) is 15.6. The van der Waals surface area contributed by atoms with E-state index in [0.29, 0.717) is 29.6 Å². The number of amides is 1. The Kier molecular flexibility index (Phi) is 6.83. The number of hydrogen-bond acceptors (Lipinski definition) is 3. The maximum Gasteiger partial charge on any atom is 0.260 e. The summed E-state index contributed by atoms with van der Waals surface area (Å²) in [6, 6.07) is 28.5. The second-order valence-electron chi connectivity index (χ2n) is 7.45. The molecule has 0 saturated heterocycles. The zero-order valence-corrected chi connectivity index (χ0v) is 18.5. The molecule has 160 valence electrons. The molecule has 1 amide bonds. The van der Waals surface area contributed by atoms with Crippen molar-refractivity contribution >= 4 is 23.3 Å². The van der Waals surface area contributed by atoms with Gasteiger partial charge in [0, 0.05) is 16.8 Å². The Bertz CT molecular complexity index is 1180. The monoisotopic (exact) mass is 442 g/mol. The first-order valence-corrected chi connectivity index (χ1v) is 10.7. The van der Waals surface area contributed by atoms with Gasteiger partial charge in [0.25, 0.3) is 5.91 Å². The van der Waals surface area contributed by atoms with Crippen LogP contribution in [0.4, 0.5) is 5.82 Å². The highest BCUT2D eigenvalue weighted by Gasteiger charge is 2.20. The molecule has 4 rings (SSSR count). The first kappa shape index (κ1) is 21.6. The molecule has 0 atom stereocenters. The number of anilines is 1. The lowest BCUT2D eigenvalue weighted by molar-refractivity contribution is 0.0983. The maximum atomic E-state index is 13.4. The Labute approximate surface area is 193 Å². The predicted molar refractivity (Wildman–Crippen MR) is 128 cm³/mol. The highest BCUT2D eigenvalue weighted by atomic mass is 35.5. The van der Waals surface area contributed by atoms with Crippen LogP contribution in [-0.4, -0.2) is 10.9 Å². The second-order valence-corrected chi connectivity index (χ2v) is 7.89. The van der Waals surface area contributed by atoms with Gasteiger partial charge in [0.15, 0.2) is 0 Å². The number of aryl methyl sites for hydroxylation is 1. The van der Waals surface area contributed by atoms with Gasteiger partial charge in [-0.1, -0.05) is 60.1 Å². The van der Waals surface area contributed by atoms with E-state index in [0.717, 1.165) is 22.4 Å². The third-order valence-electron chi connectivity index (χ3n) is 5.13. The summed E-state index contributed by atoms with van der Waals surface area (Å²) in [5, 5.41) is 0.704. The lowest BCUT2D eigenvalue weighted by Gasteiger charge is -2.23. The van der Waals surface area contributed by atoms with Crippen molar-refractivity contribution in [3.8, 4) is 5.75 Å². The molecule has 3 aromatic carbocycles. The van der Waals surface area contributed by atoms with Crippen LogP contribution in [0.1, 0.15) is 27.0 Å². The highest BCUT2D eigenvalue weighted by Crippen LogP contribution is 2.21. The van der Waals surface area contributed by atoms with Gasteiger partial charge in [0.2, 0.25) is 0 Å². The van der Waals surface area contributed by atoms with E-state index >= 15 is 0 Å². The molecule has 0 radical (unpaired) electrons. The van der Waals surface area contributed by atoms with Gasteiger partial charge in [-0.05, 0) is 66.1 Å². The van der Waals surface area contributed by atoms with Gasteiger partial charge in [0.1, 0.15) is 18.2 Å². The average molecular weight is 443 g/mol. The van der Waals surface area contributed by atoms with Crippen LogP contribution in [0.3, 0.4) is 0 Å². The number of rotatable bonds is 7. The Morgan fingerprint density at radius 1 is 0.875 bits per heavy atom. The summed E-state index contributed by atoms with van der Waals surface area (Å²) in [5.74, 6) is 1.30. The quantitative estimate of drug-likeness (QED) is 0.329. The minimum absolute atomic E-state index is 0.0788. The van der Waals surface area contributed by atoms with Crippen molar-refractivity contribution in [1.82, 2.24) is 4.98 Å². The summed E-state index contributed by atoms with van der Waals surface area (Å²) in [5.41, 5.74) is 3.63. The van der Waals surface area contributed by atoms with Gasteiger partial charge in [-0.15, -0.1) is 0 Å². The zero-order chi connectivity index (χ0) is 22.3. The van der Waals surface area contributed by atoms with Gasteiger partial charge in [-0.25, -0.2) is 4.98 Å². The smallest absolute Gasteiger partial charge is 0.260 e. The fourth-order valence-electron chi connectivity index (χ4n) is 3.35. The molecule has 32 heavy (non-hydrogen) atoms. The molecule has 0 aliphatic rings. The van der Waals surface area contributed by atoms with Gasteiger partial charge >= 0.3 is 0 Å². The van der Waals surface area contributed by atoms with Gasteiger partial charge in [-0.3, -0.25) is 9.69 Å². The summed E-state index contributed by atoms with van der Waals surface area (Å²) in [6.45, 7) is 2.81. The molecule has 0 unspecified atom stereocenters. The molecule has 5 heteroatoms. The summed E-state index contributed by atoms with van der Waals surface area (Å²) >= 11 is 5.93. The molecule has 1 heterocycles. The van der Waals surface area contributed by atoms with E-state index in [1.807, 2.05) is 97.9 Å². The fourth-order valence-corrected chi connectivity index (χ4v) is 3.48. The molecular weight excluding hydrogens is 420 g/mol. The van der Waals surface area contributed by atoms with Crippen molar-refractivity contribution in [1.29, 1.82) is 0 Å². The molecule has 0 fully saturated rings. The molecule has 0 aliphatic heterocycles. The van der Waals surface area contributed by atoms with Gasteiger partial charge in [-0.2, -0.15) is 0 Å². The van der Waals surface area contributed by atoms with E-state index < -0.39 is 0 Å². The first-order valence-electron chi connectivity index (χ1n) is 10.3.